The first-order valence-electron chi connectivity index (χ1n) is 13.4. The minimum absolute atomic E-state index is 0.684. The van der Waals surface area contributed by atoms with Gasteiger partial charge in [-0.3, -0.25) is 4.40 Å². The molecule has 3 aromatic heterocycles. The van der Waals surface area contributed by atoms with Crippen LogP contribution in [0.3, 0.4) is 0 Å². The maximum atomic E-state index is 4.95. The molecule has 4 nitrogen and oxygen atoms in total. The predicted octanol–water partition coefficient (Wildman–Crippen LogP) is 8.83. The molecule has 0 N–H and O–H groups in total. The largest absolute Gasteiger partial charge is 0.309 e. The molecule has 8 aromatic rings. The van der Waals surface area contributed by atoms with Gasteiger partial charge in [0.15, 0.2) is 0 Å². The van der Waals surface area contributed by atoms with Crippen LogP contribution in [0.4, 0.5) is 0 Å². The summed E-state index contributed by atoms with van der Waals surface area (Å²) in [5.41, 5.74) is 9.84. The molecule has 0 aliphatic rings. The summed E-state index contributed by atoms with van der Waals surface area (Å²) in [5.74, 6) is 0.684. The number of hydrogen-bond donors (Lipinski definition) is 0. The molecule has 0 saturated carbocycles. The smallest absolute Gasteiger partial charge is 0.234 e. The number of aromatic nitrogens is 4. The van der Waals surface area contributed by atoms with E-state index in [1.807, 2.05) is 30.5 Å². The van der Waals surface area contributed by atoms with Gasteiger partial charge in [-0.05, 0) is 29.8 Å². The van der Waals surface area contributed by atoms with Crippen LogP contribution < -0.4 is 0 Å². The van der Waals surface area contributed by atoms with Crippen LogP contribution in [-0.2, 0) is 0 Å². The summed E-state index contributed by atoms with van der Waals surface area (Å²) >= 11 is 0. The first-order chi connectivity index (χ1) is 19.8. The Morgan fingerprint density at radius 3 is 1.70 bits per heavy atom. The third-order valence-electron chi connectivity index (χ3n) is 7.61. The Morgan fingerprint density at radius 2 is 1.05 bits per heavy atom. The molecule has 0 atom stereocenters. The number of hydrogen-bond acceptors (Lipinski definition) is 2. The van der Waals surface area contributed by atoms with E-state index < -0.39 is 0 Å². The van der Waals surface area contributed by atoms with Gasteiger partial charge in [0.25, 0.3) is 0 Å². The SMILES string of the molecule is c1ccc(-c2nc3ncc(-c4ccc(-n5c6ccccc6c6ccccc65)cc4)cn3c2-c2ccccc2)cc1. The van der Waals surface area contributed by atoms with Crippen LogP contribution in [0.15, 0.2) is 146 Å². The van der Waals surface area contributed by atoms with Crippen molar-refractivity contribution < 1.29 is 0 Å². The van der Waals surface area contributed by atoms with Crippen molar-refractivity contribution in [1.82, 2.24) is 18.9 Å². The average Bonchev–Trinajstić information content (AvgIpc) is 3.58. The molecule has 0 saturated heterocycles. The fraction of sp³-hybridized carbons (Fsp3) is 0. The van der Waals surface area contributed by atoms with Gasteiger partial charge in [0.2, 0.25) is 5.78 Å². The zero-order valence-corrected chi connectivity index (χ0v) is 21.6. The topological polar surface area (TPSA) is 35.1 Å². The molecular weight excluding hydrogens is 488 g/mol. The van der Waals surface area contributed by atoms with Crippen molar-refractivity contribution in [3.05, 3.63) is 146 Å². The maximum Gasteiger partial charge on any atom is 0.234 e. The predicted molar refractivity (Wildman–Crippen MR) is 164 cm³/mol. The van der Waals surface area contributed by atoms with Gasteiger partial charge in [0, 0.05) is 45.5 Å². The van der Waals surface area contributed by atoms with E-state index in [4.69, 9.17) is 9.97 Å². The summed E-state index contributed by atoms with van der Waals surface area (Å²) in [6.07, 6.45) is 4.07. The van der Waals surface area contributed by atoms with Gasteiger partial charge >= 0.3 is 0 Å². The summed E-state index contributed by atoms with van der Waals surface area (Å²) in [6, 6.07) is 46.7. The minimum Gasteiger partial charge on any atom is -0.309 e. The second kappa shape index (κ2) is 9.07. The lowest BCUT2D eigenvalue weighted by atomic mass is 10.0. The second-order valence-electron chi connectivity index (χ2n) is 9.97. The van der Waals surface area contributed by atoms with Crippen LogP contribution in [0.5, 0.6) is 0 Å². The van der Waals surface area contributed by atoms with Crippen LogP contribution in [0.2, 0.25) is 0 Å². The van der Waals surface area contributed by atoms with Gasteiger partial charge in [-0.15, -0.1) is 0 Å². The van der Waals surface area contributed by atoms with Crippen molar-refractivity contribution in [2.24, 2.45) is 0 Å². The Kier molecular flexibility index (Phi) is 5.10. The standard InChI is InChI=1S/C36H24N4/c1-3-11-26(12-4-1)34-35(27-13-5-2-6-14-27)39-24-28(23-37-36(39)38-34)25-19-21-29(22-20-25)40-32-17-9-7-15-30(32)31-16-8-10-18-33(31)40/h1-24H. The zero-order chi connectivity index (χ0) is 26.5. The van der Waals surface area contributed by atoms with Crippen LogP contribution in [-0.4, -0.2) is 18.9 Å². The third-order valence-corrected chi connectivity index (χ3v) is 7.61. The summed E-state index contributed by atoms with van der Waals surface area (Å²) in [7, 11) is 0. The van der Waals surface area contributed by atoms with E-state index in [0.29, 0.717) is 5.78 Å². The highest BCUT2D eigenvalue weighted by Gasteiger charge is 2.17. The third kappa shape index (κ3) is 3.54. The number of fused-ring (bicyclic) bond motifs is 4. The van der Waals surface area contributed by atoms with E-state index in [-0.39, 0.29) is 0 Å². The summed E-state index contributed by atoms with van der Waals surface area (Å²) in [5, 5.41) is 2.53. The molecule has 4 heteroatoms. The average molecular weight is 513 g/mol. The molecular formula is C36H24N4. The zero-order valence-electron chi connectivity index (χ0n) is 21.6. The van der Waals surface area contributed by atoms with Crippen LogP contribution in [0.1, 0.15) is 0 Å². The van der Waals surface area contributed by atoms with Gasteiger partial charge in [0.05, 0.1) is 22.4 Å². The lowest BCUT2D eigenvalue weighted by Crippen LogP contribution is -1.95. The Morgan fingerprint density at radius 1 is 0.475 bits per heavy atom. The summed E-state index contributed by atoms with van der Waals surface area (Å²) in [6.45, 7) is 0. The van der Waals surface area contributed by atoms with E-state index in [0.717, 1.165) is 39.3 Å². The molecule has 0 spiro atoms. The van der Waals surface area contributed by atoms with E-state index in [1.165, 1.54) is 21.8 Å². The van der Waals surface area contributed by atoms with Crippen LogP contribution in [0.25, 0.3) is 66.9 Å². The van der Waals surface area contributed by atoms with Crippen LogP contribution >= 0.6 is 0 Å². The van der Waals surface area contributed by atoms with Gasteiger partial charge in [-0.2, -0.15) is 0 Å². The van der Waals surface area contributed by atoms with Crippen LogP contribution in [0, 0.1) is 0 Å². The first kappa shape index (κ1) is 22.5. The van der Waals surface area contributed by atoms with Crippen molar-refractivity contribution in [2.75, 3.05) is 0 Å². The Labute approximate surface area is 231 Å². The molecule has 5 aromatic carbocycles. The summed E-state index contributed by atoms with van der Waals surface area (Å²) in [4.78, 5) is 9.74. The first-order valence-corrected chi connectivity index (χ1v) is 13.4. The molecule has 0 aliphatic carbocycles. The quantitative estimate of drug-likeness (QED) is 0.236. The maximum absolute atomic E-state index is 4.95. The van der Waals surface area contributed by atoms with Gasteiger partial charge in [-0.25, -0.2) is 9.97 Å². The molecule has 0 amide bonds. The lowest BCUT2D eigenvalue weighted by molar-refractivity contribution is 1.11. The number of nitrogens with zero attached hydrogens (tertiary/aromatic N) is 4. The Balaban J connectivity index is 1.27. The Hall–Kier alpha value is -5.48. The van der Waals surface area contributed by atoms with E-state index >= 15 is 0 Å². The highest BCUT2D eigenvalue weighted by Crippen LogP contribution is 2.35. The molecule has 3 heterocycles. The number of para-hydroxylation sites is 2. The van der Waals surface area contributed by atoms with Crippen molar-refractivity contribution in [3.63, 3.8) is 0 Å². The number of benzene rings is 5. The van der Waals surface area contributed by atoms with E-state index in [9.17, 15) is 0 Å². The number of imidazole rings is 1. The normalized spacial score (nSPS) is 11.5. The highest BCUT2D eigenvalue weighted by molar-refractivity contribution is 6.09. The number of rotatable bonds is 4. The molecule has 0 radical (unpaired) electrons. The molecule has 0 bridgehead atoms. The highest BCUT2D eigenvalue weighted by atomic mass is 15.1. The second-order valence-corrected chi connectivity index (χ2v) is 9.97. The van der Waals surface area contributed by atoms with E-state index in [2.05, 4.69) is 124 Å². The molecule has 188 valence electrons. The van der Waals surface area contributed by atoms with Crippen molar-refractivity contribution in [3.8, 4) is 39.3 Å². The summed E-state index contributed by atoms with van der Waals surface area (Å²) < 4.78 is 4.46. The Bertz CT molecular complexity index is 2080. The lowest BCUT2D eigenvalue weighted by Gasteiger charge is -2.10. The fourth-order valence-electron chi connectivity index (χ4n) is 5.76. The minimum atomic E-state index is 0.684. The van der Waals surface area contributed by atoms with E-state index in [1.54, 1.807) is 0 Å². The van der Waals surface area contributed by atoms with Crippen molar-refractivity contribution >= 4 is 27.6 Å². The molecule has 40 heavy (non-hydrogen) atoms. The molecule has 0 aliphatic heterocycles. The molecule has 0 fully saturated rings. The molecule has 0 unspecified atom stereocenters. The van der Waals surface area contributed by atoms with Crippen molar-refractivity contribution in [1.29, 1.82) is 0 Å². The van der Waals surface area contributed by atoms with Gasteiger partial charge < -0.3 is 4.57 Å². The van der Waals surface area contributed by atoms with Gasteiger partial charge in [-0.1, -0.05) is 109 Å². The van der Waals surface area contributed by atoms with Crippen molar-refractivity contribution in [2.45, 2.75) is 0 Å². The monoisotopic (exact) mass is 512 g/mol. The van der Waals surface area contributed by atoms with Gasteiger partial charge in [0.1, 0.15) is 0 Å². The fourth-order valence-corrected chi connectivity index (χ4v) is 5.76. The molecule has 8 rings (SSSR count).